The number of benzene rings is 1. The Morgan fingerprint density at radius 3 is 2.83 bits per heavy atom. The van der Waals surface area contributed by atoms with E-state index in [4.69, 9.17) is 9.47 Å². The molecule has 0 saturated carbocycles. The van der Waals surface area contributed by atoms with Crippen LogP contribution in [0, 0.1) is 0 Å². The van der Waals surface area contributed by atoms with Crippen molar-refractivity contribution in [2.75, 3.05) is 25.6 Å². The van der Waals surface area contributed by atoms with E-state index in [2.05, 4.69) is 10.9 Å². The van der Waals surface area contributed by atoms with Crippen molar-refractivity contribution in [2.24, 2.45) is 0 Å². The lowest BCUT2D eigenvalue weighted by Gasteiger charge is -2.14. The Morgan fingerprint density at radius 2 is 2.04 bits per heavy atom. The number of rotatable bonds is 4. The van der Waals surface area contributed by atoms with Gasteiger partial charge in [0.25, 0.3) is 11.1 Å². The summed E-state index contributed by atoms with van der Waals surface area (Å²) in [6.45, 7) is 1.13. The Labute approximate surface area is 136 Å². The molecule has 3 rings (SSSR count). The molecule has 2 N–H and O–H groups in total. The second kappa shape index (κ2) is 6.78. The van der Waals surface area contributed by atoms with Crippen molar-refractivity contribution in [3.8, 4) is 11.5 Å². The Bertz CT molecular complexity index is 651. The number of nitrogens with one attached hydrogen (secondary N) is 2. The number of thioether (sulfide) groups is 1. The first kappa shape index (κ1) is 15.5. The van der Waals surface area contributed by atoms with Gasteiger partial charge in [-0.05, 0) is 18.2 Å². The highest BCUT2D eigenvalue weighted by molar-refractivity contribution is 8.13. The van der Waals surface area contributed by atoms with Crippen molar-refractivity contribution < 1.29 is 23.9 Å². The van der Waals surface area contributed by atoms with Crippen molar-refractivity contribution in [1.29, 1.82) is 0 Å². The predicted molar refractivity (Wildman–Crippen MR) is 82.2 cm³/mol. The van der Waals surface area contributed by atoms with Crippen LogP contribution in [0.15, 0.2) is 18.2 Å². The maximum absolute atomic E-state index is 12.0. The summed E-state index contributed by atoms with van der Waals surface area (Å²) in [4.78, 5) is 36.7. The van der Waals surface area contributed by atoms with Crippen molar-refractivity contribution in [2.45, 2.75) is 6.42 Å². The number of hydrogen-bond acceptors (Lipinski definition) is 6. The Balaban J connectivity index is 1.45. The molecule has 0 unspecified atom stereocenters. The van der Waals surface area contributed by atoms with Gasteiger partial charge in [-0.1, -0.05) is 11.8 Å². The molecule has 2 aliphatic heterocycles. The van der Waals surface area contributed by atoms with Gasteiger partial charge in [0.15, 0.2) is 11.5 Å². The molecule has 1 saturated heterocycles. The smallest absolute Gasteiger partial charge is 0.281 e. The van der Waals surface area contributed by atoms with Gasteiger partial charge in [-0.2, -0.15) is 0 Å². The third-order valence-corrected chi connectivity index (χ3v) is 4.30. The fourth-order valence-electron chi connectivity index (χ4n) is 2.16. The highest BCUT2D eigenvalue weighted by atomic mass is 32.2. The van der Waals surface area contributed by atoms with Crippen LogP contribution in [0.4, 0.5) is 4.79 Å². The summed E-state index contributed by atoms with van der Waals surface area (Å²) in [5.41, 5.74) is 5.01. The number of nitrogens with zero attached hydrogens (tertiary/aromatic N) is 1. The molecule has 1 fully saturated rings. The molecule has 3 amide bonds. The monoisotopic (exact) mass is 337 g/mol. The van der Waals surface area contributed by atoms with E-state index in [0.29, 0.717) is 30.2 Å². The Hall–Kier alpha value is -2.42. The van der Waals surface area contributed by atoms with Crippen LogP contribution < -0.4 is 20.3 Å². The van der Waals surface area contributed by atoms with E-state index in [9.17, 15) is 14.4 Å². The fourth-order valence-corrected chi connectivity index (χ4v) is 3.02. The third kappa shape index (κ3) is 3.67. The topological polar surface area (TPSA) is 97.0 Å². The van der Waals surface area contributed by atoms with Gasteiger partial charge in [-0.3, -0.25) is 25.2 Å². The molecule has 122 valence electrons. The van der Waals surface area contributed by atoms with Gasteiger partial charge < -0.3 is 14.4 Å². The quantitative estimate of drug-likeness (QED) is 0.787. The zero-order valence-corrected chi connectivity index (χ0v) is 13.0. The van der Waals surface area contributed by atoms with Gasteiger partial charge in [0, 0.05) is 30.8 Å². The highest BCUT2D eigenvalue weighted by Crippen LogP contribution is 2.32. The lowest BCUT2D eigenvalue weighted by Crippen LogP contribution is -2.42. The lowest BCUT2D eigenvalue weighted by molar-refractivity contribution is -0.122. The molecule has 0 atom stereocenters. The predicted octanol–water partition coefficient (Wildman–Crippen LogP) is 0.735. The molecule has 9 heteroatoms. The second-order valence-corrected chi connectivity index (χ2v) is 5.97. The van der Waals surface area contributed by atoms with E-state index in [-0.39, 0.29) is 24.4 Å². The Morgan fingerprint density at radius 1 is 1.22 bits per heavy atom. The molecule has 2 aliphatic rings. The molecule has 1 aromatic rings. The van der Waals surface area contributed by atoms with Crippen LogP contribution in [0.25, 0.3) is 0 Å². The van der Waals surface area contributed by atoms with Crippen LogP contribution in [0.5, 0.6) is 11.5 Å². The number of carbonyl (C=O) groups excluding carboxylic acids is 3. The minimum atomic E-state index is -0.454. The van der Waals surface area contributed by atoms with Crippen LogP contribution in [0.3, 0.4) is 0 Å². The molecule has 0 bridgehead atoms. The maximum Gasteiger partial charge on any atom is 0.281 e. The summed E-state index contributed by atoms with van der Waals surface area (Å²) in [5.74, 6) is 1.02. The van der Waals surface area contributed by atoms with Crippen LogP contribution in [-0.2, 0) is 4.79 Å². The first-order valence-electron chi connectivity index (χ1n) is 7.04. The zero-order chi connectivity index (χ0) is 16.2. The normalized spacial score (nSPS) is 15.7. The number of ether oxygens (including phenoxy) is 2. The molecule has 0 spiro atoms. The SMILES string of the molecule is O=C(CCN1CCSC1=O)NNC(=O)c1ccc2c(c1)OCO2. The number of carbonyl (C=O) groups is 3. The average molecular weight is 337 g/mol. The van der Waals surface area contributed by atoms with E-state index < -0.39 is 5.91 Å². The minimum absolute atomic E-state index is 0.0119. The van der Waals surface area contributed by atoms with E-state index >= 15 is 0 Å². The largest absolute Gasteiger partial charge is 0.454 e. The van der Waals surface area contributed by atoms with Gasteiger partial charge in [-0.25, -0.2) is 0 Å². The van der Waals surface area contributed by atoms with Gasteiger partial charge in [0.2, 0.25) is 12.7 Å². The number of amides is 3. The van der Waals surface area contributed by atoms with Gasteiger partial charge in [-0.15, -0.1) is 0 Å². The average Bonchev–Trinajstić information content (AvgIpc) is 3.18. The molecular formula is C14H15N3O5S. The van der Waals surface area contributed by atoms with Crippen LogP contribution in [0.2, 0.25) is 0 Å². The van der Waals surface area contributed by atoms with Gasteiger partial charge in [0.05, 0.1) is 0 Å². The standard InChI is InChI=1S/C14H15N3O5S/c18-12(3-4-17-5-6-23-14(17)20)15-16-13(19)9-1-2-10-11(7-9)22-8-21-10/h1-2,7H,3-6,8H2,(H,15,18)(H,16,19). The summed E-state index contributed by atoms with van der Waals surface area (Å²) in [5, 5.41) is -0.0119. The summed E-state index contributed by atoms with van der Waals surface area (Å²) in [6.07, 6.45) is 0.133. The van der Waals surface area contributed by atoms with Crippen molar-refractivity contribution >= 4 is 28.8 Å². The number of hydrazine groups is 1. The van der Waals surface area contributed by atoms with Crippen LogP contribution in [0.1, 0.15) is 16.8 Å². The summed E-state index contributed by atoms with van der Waals surface area (Å²) < 4.78 is 10.4. The van der Waals surface area contributed by atoms with Crippen LogP contribution >= 0.6 is 11.8 Å². The van der Waals surface area contributed by atoms with E-state index in [1.165, 1.54) is 11.8 Å². The molecule has 0 aliphatic carbocycles. The molecule has 0 radical (unpaired) electrons. The van der Waals surface area contributed by atoms with E-state index in [1.807, 2.05) is 0 Å². The lowest BCUT2D eigenvalue weighted by atomic mass is 10.2. The van der Waals surface area contributed by atoms with E-state index in [1.54, 1.807) is 23.1 Å². The second-order valence-electron chi connectivity index (χ2n) is 4.92. The molecule has 2 heterocycles. The zero-order valence-electron chi connectivity index (χ0n) is 12.2. The molecule has 0 aromatic heterocycles. The van der Waals surface area contributed by atoms with Crippen LogP contribution in [-0.4, -0.2) is 47.6 Å². The number of hydrogen-bond donors (Lipinski definition) is 2. The van der Waals surface area contributed by atoms with Crippen molar-refractivity contribution in [3.05, 3.63) is 23.8 Å². The highest BCUT2D eigenvalue weighted by Gasteiger charge is 2.21. The molecule has 8 nitrogen and oxygen atoms in total. The fraction of sp³-hybridized carbons (Fsp3) is 0.357. The minimum Gasteiger partial charge on any atom is -0.454 e. The third-order valence-electron chi connectivity index (χ3n) is 3.40. The van der Waals surface area contributed by atoms with Crippen molar-refractivity contribution in [3.63, 3.8) is 0 Å². The summed E-state index contributed by atoms with van der Waals surface area (Å²) in [7, 11) is 0. The van der Waals surface area contributed by atoms with Gasteiger partial charge in [0.1, 0.15) is 0 Å². The molecule has 23 heavy (non-hydrogen) atoms. The van der Waals surface area contributed by atoms with Crippen molar-refractivity contribution in [1.82, 2.24) is 15.8 Å². The maximum atomic E-state index is 12.0. The molecule has 1 aromatic carbocycles. The summed E-state index contributed by atoms with van der Waals surface area (Å²) >= 11 is 1.25. The van der Waals surface area contributed by atoms with E-state index in [0.717, 1.165) is 5.75 Å². The Kier molecular flexibility index (Phi) is 4.56. The molecular weight excluding hydrogens is 322 g/mol. The first-order chi connectivity index (χ1) is 11.1. The van der Waals surface area contributed by atoms with Gasteiger partial charge >= 0.3 is 0 Å². The first-order valence-corrected chi connectivity index (χ1v) is 8.02. The summed E-state index contributed by atoms with van der Waals surface area (Å²) in [6, 6.07) is 4.76. The number of fused-ring (bicyclic) bond motifs is 1.